The molecule has 0 spiro atoms. The molecule has 5 nitrogen and oxygen atoms in total. The van der Waals surface area contributed by atoms with Crippen LogP contribution >= 0.6 is 11.8 Å². The molecular formula is C8H9N5S. The van der Waals surface area contributed by atoms with Crippen LogP contribution in [0.4, 0.5) is 0 Å². The predicted octanol–water partition coefficient (Wildman–Crippen LogP) is 0.375. The Morgan fingerprint density at radius 3 is 3.14 bits per heavy atom. The van der Waals surface area contributed by atoms with Crippen molar-refractivity contribution in [2.45, 2.75) is 5.75 Å². The summed E-state index contributed by atoms with van der Waals surface area (Å²) in [5.41, 5.74) is 6.63. The highest BCUT2D eigenvalue weighted by Crippen LogP contribution is 2.13. The summed E-state index contributed by atoms with van der Waals surface area (Å²) < 4.78 is 0. The van der Waals surface area contributed by atoms with E-state index in [1.165, 1.54) is 11.8 Å². The normalized spacial score (nSPS) is 10.9. The Morgan fingerprint density at radius 2 is 2.50 bits per heavy atom. The van der Waals surface area contributed by atoms with Gasteiger partial charge in [0.2, 0.25) is 0 Å². The first-order valence-electron chi connectivity index (χ1n) is 3.78. The van der Waals surface area contributed by atoms with Crippen LogP contribution in [0.5, 0.6) is 0 Å². The molecule has 0 bridgehead atoms. The SMILES string of the molecule is N#Cc1ncccc1CSC(N)=NN. The first kappa shape index (κ1) is 10.3. The van der Waals surface area contributed by atoms with Crippen molar-refractivity contribution in [1.82, 2.24) is 4.98 Å². The van der Waals surface area contributed by atoms with Crippen LogP contribution in [0.1, 0.15) is 11.3 Å². The number of rotatable bonds is 2. The summed E-state index contributed by atoms with van der Waals surface area (Å²) >= 11 is 1.27. The average molecular weight is 207 g/mol. The first-order chi connectivity index (χ1) is 6.77. The van der Waals surface area contributed by atoms with Crippen molar-refractivity contribution in [3.63, 3.8) is 0 Å². The zero-order chi connectivity index (χ0) is 10.4. The topological polar surface area (TPSA) is 101 Å². The monoisotopic (exact) mass is 207 g/mol. The summed E-state index contributed by atoms with van der Waals surface area (Å²) in [6.45, 7) is 0. The molecule has 0 aliphatic heterocycles. The maximum atomic E-state index is 8.73. The highest BCUT2D eigenvalue weighted by molar-refractivity contribution is 8.13. The lowest BCUT2D eigenvalue weighted by atomic mass is 10.2. The van der Waals surface area contributed by atoms with Gasteiger partial charge in [-0.15, -0.1) is 0 Å². The Bertz CT molecular complexity index is 382. The number of nitriles is 1. The molecule has 0 aliphatic carbocycles. The Balaban J connectivity index is 2.73. The second-order valence-electron chi connectivity index (χ2n) is 2.38. The molecule has 6 heteroatoms. The summed E-state index contributed by atoms with van der Waals surface area (Å²) in [6, 6.07) is 5.59. The van der Waals surface area contributed by atoms with E-state index < -0.39 is 0 Å². The zero-order valence-electron chi connectivity index (χ0n) is 7.34. The molecule has 1 heterocycles. The summed E-state index contributed by atoms with van der Waals surface area (Å²) in [4.78, 5) is 3.91. The number of nitrogens with zero attached hydrogens (tertiary/aromatic N) is 3. The molecule has 1 aromatic heterocycles. The lowest BCUT2D eigenvalue weighted by Gasteiger charge is -2.01. The summed E-state index contributed by atoms with van der Waals surface area (Å²) in [5, 5.41) is 12.3. The second kappa shape index (κ2) is 5.09. The van der Waals surface area contributed by atoms with Crippen LogP contribution < -0.4 is 11.6 Å². The van der Waals surface area contributed by atoms with Crippen molar-refractivity contribution in [1.29, 1.82) is 5.26 Å². The molecule has 0 aliphatic rings. The van der Waals surface area contributed by atoms with Crippen molar-refractivity contribution >= 4 is 16.9 Å². The number of hydrogen-bond donors (Lipinski definition) is 2. The highest BCUT2D eigenvalue weighted by atomic mass is 32.2. The van der Waals surface area contributed by atoms with Gasteiger partial charge in [-0.1, -0.05) is 17.8 Å². The summed E-state index contributed by atoms with van der Waals surface area (Å²) in [7, 11) is 0. The lowest BCUT2D eigenvalue weighted by Crippen LogP contribution is -2.09. The van der Waals surface area contributed by atoms with E-state index in [4.69, 9.17) is 16.8 Å². The quantitative estimate of drug-likeness (QED) is 0.316. The van der Waals surface area contributed by atoms with Gasteiger partial charge in [0, 0.05) is 11.9 Å². The molecular weight excluding hydrogens is 198 g/mol. The van der Waals surface area contributed by atoms with Crippen molar-refractivity contribution in [3.05, 3.63) is 29.6 Å². The van der Waals surface area contributed by atoms with Gasteiger partial charge in [0.15, 0.2) is 5.17 Å². The van der Waals surface area contributed by atoms with Gasteiger partial charge in [0.05, 0.1) is 0 Å². The van der Waals surface area contributed by atoms with Crippen molar-refractivity contribution in [3.8, 4) is 6.07 Å². The van der Waals surface area contributed by atoms with E-state index in [0.717, 1.165) is 5.56 Å². The Labute approximate surface area is 85.8 Å². The van der Waals surface area contributed by atoms with Crippen LogP contribution in [0.15, 0.2) is 23.4 Å². The van der Waals surface area contributed by atoms with Crippen molar-refractivity contribution in [2.24, 2.45) is 16.7 Å². The zero-order valence-corrected chi connectivity index (χ0v) is 8.16. The Kier molecular flexibility index (Phi) is 3.76. The number of nitrogens with two attached hydrogens (primary N) is 2. The molecule has 4 N–H and O–H groups in total. The Morgan fingerprint density at radius 1 is 1.71 bits per heavy atom. The number of hydrogen-bond acceptors (Lipinski definition) is 5. The van der Waals surface area contributed by atoms with E-state index in [1.54, 1.807) is 12.3 Å². The minimum atomic E-state index is 0.290. The van der Waals surface area contributed by atoms with Gasteiger partial charge >= 0.3 is 0 Å². The van der Waals surface area contributed by atoms with E-state index >= 15 is 0 Å². The minimum absolute atomic E-state index is 0.290. The first-order valence-corrected chi connectivity index (χ1v) is 4.76. The maximum absolute atomic E-state index is 8.73. The standard InChI is InChI=1S/C8H9N5S/c9-4-7-6(2-1-3-12-7)5-14-8(10)13-11/h1-3H,5,11H2,(H2,10,13). The van der Waals surface area contributed by atoms with Crippen LogP contribution in [-0.2, 0) is 5.75 Å². The fourth-order valence-electron chi connectivity index (χ4n) is 0.845. The van der Waals surface area contributed by atoms with E-state index in [-0.39, 0.29) is 5.17 Å². The van der Waals surface area contributed by atoms with Crippen LogP contribution in [0.3, 0.4) is 0 Å². The van der Waals surface area contributed by atoms with Gasteiger partial charge in [-0.3, -0.25) is 0 Å². The van der Waals surface area contributed by atoms with E-state index in [0.29, 0.717) is 11.4 Å². The fraction of sp³-hybridized carbons (Fsp3) is 0.125. The van der Waals surface area contributed by atoms with Gasteiger partial charge in [-0.05, 0) is 11.6 Å². The largest absolute Gasteiger partial charge is 0.377 e. The average Bonchev–Trinajstić information content (AvgIpc) is 2.26. The van der Waals surface area contributed by atoms with Crippen LogP contribution in [0, 0.1) is 11.3 Å². The summed E-state index contributed by atoms with van der Waals surface area (Å²) in [6.07, 6.45) is 1.58. The van der Waals surface area contributed by atoms with Gasteiger partial charge in [0.1, 0.15) is 11.8 Å². The molecule has 0 radical (unpaired) electrons. The van der Waals surface area contributed by atoms with Crippen molar-refractivity contribution < 1.29 is 0 Å². The minimum Gasteiger partial charge on any atom is -0.377 e. The molecule has 0 amide bonds. The molecule has 0 saturated heterocycles. The van der Waals surface area contributed by atoms with E-state index in [9.17, 15) is 0 Å². The third-order valence-electron chi connectivity index (χ3n) is 1.50. The molecule has 14 heavy (non-hydrogen) atoms. The van der Waals surface area contributed by atoms with Crippen LogP contribution in [0.2, 0.25) is 0 Å². The van der Waals surface area contributed by atoms with Crippen LogP contribution in [0.25, 0.3) is 0 Å². The fourth-order valence-corrected chi connectivity index (χ4v) is 1.46. The second-order valence-corrected chi connectivity index (χ2v) is 3.37. The van der Waals surface area contributed by atoms with Gasteiger partial charge in [0.25, 0.3) is 0 Å². The van der Waals surface area contributed by atoms with Gasteiger partial charge in [-0.2, -0.15) is 10.4 Å². The predicted molar refractivity (Wildman–Crippen MR) is 56.1 cm³/mol. The molecule has 0 aromatic carbocycles. The van der Waals surface area contributed by atoms with Gasteiger partial charge < -0.3 is 11.6 Å². The lowest BCUT2D eigenvalue weighted by molar-refractivity contribution is 1.20. The number of hydrazone groups is 1. The van der Waals surface area contributed by atoms with E-state index in [2.05, 4.69) is 10.1 Å². The molecule has 0 unspecified atom stereocenters. The molecule has 1 aromatic rings. The maximum Gasteiger partial charge on any atom is 0.177 e. The molecule has 1 rings (SSSR count). The number of aromatic nitrogens is 1. The third kappa shape index (κ3) is 2.64. The number of thioether (sulfide) groups is 1. The van der Waals surface area contributed by atoms with Gasteiger partial charge in [-0.25, -0.2) is 4.98 Å². The molecule has 0 fully saturated rings. The Hall–Kier alpha value is -1.74. The number of pyridine rings is 1. The third-order valence-corrected chi connectivity index (χ3v) is 2.36. The van der Waals surface area contributed by atoms with E-state index in [1.807, 2.05) is 12.1 Å². The molecule has 72 valence electrons. The molecule has 0 saturated carbocycles. The smallest absolute Gasteiger partial charge is 0.177 e. The highest BCUT2D eigenvalue weighted by Gasteiger charge is 2.03. The van der Waals surface area contributed by atoms with Crippen LogP contribution in [-0.4, -0.2) is 10.2 Å². The van der Waals surface area contributed by atoms with Crippen molar-refractivity contribution in [2.75, 3.05) is 0 Å². The molecule has 0 atom stereocenters. The summed E-state index contributed by atoms with van der Waals surface area (Å²) in [5.74, 6) is 5.51. The number of amidine groups is 1.